The summed E-state index contributed by atoms with van der Waals surface area (Å²) in [5.74, 6) is -38.0. The van der Waals surface area contributed by atoms with Crippen molar-refractivity contribution in [2.24, 2.45) is 0 Å². The molecule has 0 aromatic heterocycles. The fraction of sp³-hybridized carbons (Fsp3) is 0.510. The third kappa shape index (κ3) is 16.1. The first kappa shape index (κ1) is 59.5. The minimum absolute atomic E-state index is 0.0786. The van der Waals surface area contributed by atoms with Gasteiger partial charge in [-0.1, -0.05) is 142 Å². The number of rotatable bonds is 28. The van der Waals surface area contributed by atoms with Crippen molar-refractivity contribution in [3.63, 3.8) is 0 Å². The van der Waals surface area contributed by atoms with Crippen LogP contribution in [0.2, 0.25) is 0 Å². The third-order valence-electron chi connectivity index (χ3n) is 11.4. The van der Waals surface area contributed by atoms with E-state index in [0.717, 1.165) is 96.8 Å². The average Bonchev–Trinajstić information content (AvgIpc) is 3.34. The molecule has 3 N–H and O–H groups in total. The molecular formula is C49H56BF16NO3. The zero-order valence-electron chi connectivity index (χ0n) is 39.1. The summed E-state index contributed by atoms with van der Waals surface area (Å²) in [6.07, 6.45) is 15.6. The lowest BCUT2D eigenvalue weighted by Crippen LogP contribution is -2.44. The number of halogens is 16. The second kappa shape index (κ2) is 29.5. The molecule has 4 aromatic carbocycles. The van der Waals surface area contributed by atoms with Crippen molar-refractivity contribution in [1.29, 1.82) is 0 Å². The Kier molecular flexibility index (Phi) is 25.1. The van der Waals surface area contributed by atoms with Crippen molar-refractivity contribution < 1.29 is 89.9 Å². The van der Waals surface area contributed by atoms with E-state index in [1.165, 1.54) is 6.07 Å². The van der Waals surface area contributed by atoms with Crippen LogP contribution in [-0.2, 0) is 12.8 Å². The molecule has 0 unspecified atom stereocenters. The molecule has 0 aliphatic heterocycles. The van der Waals surface area contributed by atoms with Crippen LogP contribution in [0.25, 0.3) is 0 Å². The number of unbranched alkanes of at least 4 members (excludes halogenated alkanes) is 18. The highest BCUT2D eigenvalue weighted by Gasteiger charge is 2.42. The maximum Gasteiger partial charge on any atom is 0.864 e. The van der Waals surface area contributed by atoms with Gasteiger partial charge in [0.1, 0.15) is 0 Å². The summed E-state index contributed by atoms with van der Waals surface area (Å²) in [6, 6.07) is 1.40. The Bertz CT molecular complexity index is 2190. The molecule has 0 bridgehead atoms. The molecule has 0 aliphatic carbocycles. The molecule has 4 aromatic rings. The monoisotopic (exact) mass is 1020 g/mol. The van der Waals surface area contributed by atoms with Crippen molar-refractivity contribution in [2.75, 3.05) is 0 Å². The summed E-state index contributed by atoms with van der Waals surface area (Å²) in [7, 11) is -3.29. The number of hydrogen-bond donors (Lipinski definition) is 1. The first-order valence-corrected chi connectivity index (χ1v) is 23.3. The molecule has 0 radical (unpaired) electrons. The molecular weight excluding hydrogens is 965 g/mol. The normalized spacial score (nSPS) is 11.3. The van der Waals surface area contributed by atoms with Gasteiger partial charge in [0.25, 0.3) is 0 Å². The fourth-order valence-corrected chi connectivity index (χ4v) is 7.27. The molecule has 0 saturated heterocycles. The van der Waals surface area contributed by atoms with Gasteiger partial charge >= 0.3 is 7.32 Å². The number of quaternary nitrogens is 1. The van der Waals surface area contributed by atoms with Crippen molar-refractivity contribution in [3.8, 4) is 17.2 Å². The molecule has 0 aliphatic rings. The smallest absolute Gasteiger partial charge is 0.484 e. The maximum atomic E-state index is 15.8. The van der Waals surface area contributed by atoms with Gasteiger partial charge in [0.2, 0.25) is 40.6 Å². The lowest BCUT2D eigenvalue weighted by atomic mass is 10.0. The van der Waals surface area contributed by atoms with Crippen LogP contribution in [0.5, 0.6) is 17.2 Å². The van der Waals surface area contributed by atoms with E-state index in [1.54, 1.807) is 0 Å². The van der Waals surface area contributed by atoms with Crippen LogP contribution in [0.15, 0.2) is 0 Å². The van der Waals surface area contributed by atoms with Crippen molar-refractivity contribution in [3.05, 3.63) is 116 Å². The Morgan fingerprint density at radius 1 is 0.343 bits per heavy atom. The first-order chi connectivity index (χ1) is 33.2. The maximum absolute atomic E-state index is 15.8. The number of hydrogen-bond acceptors (Lipinski definition) is 3. The minimum Gasteiger partial charge on any atom is -0.484 e. The van der Waals surface area contributed by atoms with Crippen LogP contribution in [0.1, 0.15) is 159 Å². The van der Waals surface area contributed by atoms with Crippen molar-refractivity contribution in [1.82, 2.24) is 0 Å². The lowest BCUT2D eigenvalue weighted by Gasteiger charge is -2.21. The van der Waals surface area contributed by atoms with Crippen molar-refractivity contribution in [2.45, 2.75) is 162 Å². The average molecular weight is 1020 g/mol. The topological polar surface area (TPSA) is 55.3 Å². The van der Waals surface area contributed by atoms with Gasteiger partial charge in [-0.25, -0.2) is 43.9 Å². The standard InChI is InChI=1S/C42H52BF12NO3.C7H3F4/c1-3-5-7-9-11-13-15-17-19-21-23-25-27(44)31(48)35(52)40(29(25)46)57-43(59-42-37(54)33(50)34(51)39(56)38(42)55)58-41-30(47)26(28(45)32(49)36(41)53)24-22-20-18-16-14-12-10-8-6-4-2;1-3-4(8)2-5(9)7(11)6(3)10/h3-24,56H2,1-2H3;1H3/q;-1/p+1. The van der Waals surface area contributed by atoms with Gasteiger partial charge in [-0.3, -0.25) is 4.39 Å². The van der Waals surface area contributed by atoms with Crippen LogP contribution in [0.4, 0.5) is 75.9 Å². The van der Waals surface area contributed by atoms with Gasteiger partial charge in [0.15, 0.2) is 52.2 Å². The summed E-state index contributed by atoms with van der Waals surface area (Å²) in [4.78, 5) is 0. The highest BCUT2D eigenvalue weighted by molar-refractivity contribution is 6.39. The van der Waals surface area contributed by atoms with Gasteiger partial charge in [-0.05, 0) is 25.7 Å². The van der Waals surface area contributed by atoms with E-state index in [9.17, 15) is 48.3 Å². The molecule has 4 rings (SSSR count). The summed E-state index contributed by atoms with van der Waals surface area (Å²) in [5, 5.41) is 0. The molecule has 21 heteroatoms. The second-order valence-electron chi connectivity index (χ2n) is 16.7. The lowest BCUT2D eigenvalue weighted by molar-refractivity contribution is -0.263. The van der Waals surface area contributed by atoms with Gasteiger partial charge in [0.05, 0.1) is 17.5 Å². The summed E-state index contributed by atoms with van der Waals surface area (Å²) < 4.78 is 243. The summed E-state index contributed by atoms with van der Waals surface area (Å²) >= 11 is 0. The molecule has 0 heterocycles. The van der Waals surface area contributed by atoms with Gasteiger partial charge < -0.3 is 19.7 Å². The molecule has 0 fully saturated rings. The van der Waals surface area contributed by atoms with E-state index in [2.05, 4.69) is 19.6 Å². The molecule has 0 amide bonds. The van der Waals surface area contributed by atoms with E-state index in [-0.39, 0.29) is 12.8 Å². The predicted octanol–water partition coefficient (Wildman–Crippen LogP) is 16.0. The van der Waals surface area contributed by atoms with E-state index in [4.69, 9.17) is 14.0 Å². The van der Waals surface area contributed by atoms with Crippen molar-refractivity contribution >= 4 is 13.0 Å². The van der Waals surface area contributed by atoms with Crippen LogP contribution in [-0.4, -0.2) is 7.32 Å². The zero-order chi connectivity index (χ0) is 52.2. The zero-order valence-corrected chi connectivity index (χ0v) is 39.1. The second-order valence-corrected chi connectivity index (χ2v) is 16.7. The van der Waals surface area contributed by atoms with Crippen LogP contribution in [0.3, 0.4) is 0 Å². The minimum atomic E-state index is -3.29. The Hall–Kier alpha value is -4.82. The third-order valence-corrected chi connectivity index (χ3v) is 11.4. The quantitative estimate of drug-likeness (QED) is 0.0154. The highest BCUT2D eigenvalue weighted by Crippen LogP contribution is 2.37. The largest absolute Gasteiger partial charge is 0.864 e. The number of benzene rings is 4. The van der Waals surface area contributed by atoms with Gasteiger partial charge in [-0.15, -0.1) is 6.07 Å². The Balaban J connectivity index is 0.00000103. The van der Waals surface area contributed by atoms with Crippen LogP contribution in [0, 0.1) is 106 Å². The van der Waals surface area contributed by atoms with Crippen LogP contribution < -0.4 is 19.7 Å². The van der Waals surface area contributed by atoms with E-state index in [1.807, 2.05) is 0 Å². The van der Waals surface area contributed by atoms with Crippen LogP contribution >= 0.6 is 0 Å². The SMILES string of the molecule is CCCCCCCCCCCCc1c(F)c(F)c(F)c(OB(Oc2c(F)c([NH3+])c(F)c(F)c2F)Oc2c(F)c(F)c(F)c(CCCCCCCCCCCC)c2F)c1F.Cc1c(F)[c-]c(F)c(F)c1F. The first-order valence-electron chi connectivity index (χ1n) is 23.3. The van der Waals surface area contributed by atoms with Gasteiger partial charge in [-0.2, -0.15) is 22.0 Å². The summed E-state index contributed by atoms with van der Waals surface area (Å²) in [6.45, 7) is 5.19. The molecule has 0 spiro atoms. The highest BCUT2D eigenvalue weighted by atomic mass is 19.2. The molecule has 0 saturated carbocycles. The van der Waals surface area contributed by atoms with E-state index in [0.29, 0.717) is 25.7 Å². The molecule has 390 valence electrons. The van der Waals surface area contributed by atoms with Gasteiger partial charge in [0, 0.05) is 16.9 Å². The molecule has 4 nitrogen and oxygen atoms in total. The Morgan fingerprint density at radius 2 is 0.657 bits per heavy atom. The molecule has 0 atom stereocenters. The summed E-state index contributed by atoms with van der Waals surface area (Å²) in [5.41, 5.74) is -1.25. The molecule has 70 heavy (non-hydrogen) atoms. The van der Waals surface area contributed by atoms with E-state index < -0.39 is 153 Å². The van der Waals surface area contributed by atoms with E-state index >= 15 is 22.0 Å². The fourth-order valence-electron chi connectivity index (χ4n) is 7.27. The Labute approximate surface area is 397 Å². The predicted molar refractivity (Wildman–Crippen MR) is 230 cm³/mol. The Morgan fingerprint density at radius 3 is 1.01 bits per heavy atom.